The van der Waals surface area contributed by atoms with Gasteiger partial charge in [0.15, 0.2) is 0 Å². The van der Waals surface area contributed by atoms with E-state index in [0.29, 0.717) is 13.1 Å². The average molecular weight is 280 g/mol. The zero-order valence-corrected chi connectivity index (χ0v) is 11.7. The molecule has 0 aromatic heterocycles. The number of aryl methyl sites for hydroxylation is 1. The Kier molecular flexibility index (Phi) is 4.95. The summed E-state index contributed by atoms with van der Waals surface area (Å²) in [5.41, 5.74) is 1.98. The summed E-state index contributed by atoms with van der Waals surface area (Å²) in [4.78, 5) is 13.7. The van der Waals surface area contributed by atoms with Crippen LogP contribution in [0.4, 0.5) is 9.18 Å². The molecule has 20 heavy (non-hydrogen) atoms. The highest BCUT2D eigenvalue weighted by molar-refractivity contribution is 5.74. The van der Waals surface area contributed by atoms with Crippen molar-refractivity contribution in [3.05, 3.63) is 35.1 Å². The van der Waals surface area contributed by atoms with E-state index in [1.165, 1.54) is 12.1 Å². The van der Waals surface area contributed by atoms with E-state index in [4.69, 9.17) is 5.11 Å². The highest BCUT2D eigenvalue weighted by Gasteiger charge is 2.23. The molecule has 1 aliphatic carbocycles. The summed E-state index contributed by atoms with van der Waals surface area (Å²) in [5, 5.41) is 11.9. The van der Waals surface area contributed by atoms with Crippen molar-refractivity contribution in [1.82, 2.24) is 10.2 Å². The number of benzene rings is 1. The minimum Gasteiger partial charge on any atom is -0.395 e. The van der Waals surface area contributed by atoms with Crippen LogP contribution < -0.4 is 5.32 Å². The Bertz CT molecular complexity index is 479. The maximum atomic E-state index is 13.4. The third-order valence-electron chi connectivity index (χ3n) is 3.76. The van der Waals surface area contributed by atoms with Gasteiger partial charge in [-0.15, -0.1) is 0 Å². The second-order valence-electron chi connectivity index (χ2n) is 5.04. The van der Waals surface area contributed by atoms with E-state index in [-0.39, 0.29) is 24.5 Å². The highest BCUT2D eigenvalue weighted by atomic mass is 19.1. The molecule has 2 amide bonds. The van der Waals surface area contributed by atoms with Crippen molar-refractivity contribution in [3.63, 3.8) is 0 Å². The number of fused-ring (bicyclic) bond motifs is 1. The predicted octanol–water partition coefficient (Wildman–Crippen LogP) is 2.23. The van der Waals surface area contributed by atoms with Crippen molar-refractivity contribution in [2.45, 2.75) is 32.2 Å². The number of urea groups is 1. The molecule has 1 atom stereocenters. The zero-order valence-electron chi connectivity index (χ0n) is 11.7. The molecule has 1 aromatic carbocycles. The third kappa shape index (κ3) is 3.28. The SMILES string of the molecule is CCN(CCO)C(=O)NC1CCCc2ccc(F)cc21. The van der Waals surface area contributed by atoms with E-state index in [2.05, 4.69) is 5.32 Å². The second-order valence-corrected chi connectivity index (χ2v) is 5.04. The van der Waals surface area contributed by atoms with Gasteiger partial charge in [0.25, 0.3) is 0 Å². The first-order chi connectivity index (χ1) is 9.65. The average Bonchev–Trinajstić information content (AvgIpc) is 2.45. The molecule has 0 aliphatic heterocycles. The van der Waals surface area contributed by atoms with Crippen molar-refractivity contribution in [1.29, 1.82) is 0 Å². The van der Waals surface area contributed by atoms with Crippen LogP contribution >= 0.6 is 0 Å². The highest BCUT2D eigenvalue weighted by Crippen LogP contribution is 2.30. The summed E-state index contributed by atoms with van der Waals surface area (Å²) in [6.07, 6.45) is 2.73. The lowest BCUT2D eigenvalue weighted by molar-refractivity contribution is 0.176. The fraction of sp³-hybridized carbons (Fsp3) is 0.533. The van der Waals surface area contributed by atoms with Crippen LogP contribution in [0.5, 0.6) is 0 Å². The first-order valence-corrected chi connectivity index (χ1v) is 7.10. The van der Waals surface area contributed by atoms with Crippen LogP contribution in [0.2, 0.25) is 0 Å². The quantitative estimate of drug-likeness (QED) is 0.888. The van der Waals surface area contributed by atoms with Gasteiger partial charge >= 0.3 is 6.03 Å². The van der Waals surface area contributed by atoms with Gasteiger partial charge in [0.05, 0.1) is 12.6 Å². The van der Waals surface area contributed by atoms with Gasteiger partial charge in [-0.05, 0) is 49.4 Å². The van der Waals surface area contributed by atoms with Crippen LogP contribution in [-0.2, 0) is 6.42 Å². The Labute approximate surface area is 118 Å². The zero-order chi connectivity index (χ0) is 14.5. The summed E-state index contributed by atoms with van der Waals surface area (Å²) < 4.78 is 13.4. The molecule has 0 spiro atoms. The number of nitrogens with one attached hydrogen (secondary N) is 1. The monoisotopic (exact) mass is 280 g/mol. The van der Waals surface area contributed by atoms with Gasteiger partial charge in [0.2, 0.25) is 0 Å². The van der Waals surface area contributed by atoms with Gasteiger partial charge < -0.3 is 15.3 Å². The molecule has 2 rings (SSSR count). The predicted molar refractivity (Wildman–Crippen MR) is 74.9 cm³/mol. The molecule has 1 aromatic rings. The fourth-order valence-corrected chi connectivity index (χ4v) is 2.68. The minimum atomic E-state index is -0.271. The molecule has 5 heteroatoms. The molecule has 2 N–H and O–H groups in total. The van der Waals surface area contributed by atoms with Gasteiger partial charge in [-0.1, -0.05) is 6.07 Å². The topological polar surface area (TPSA) is 52.6 Å². The van der Waals surface area contributed by atoms with Crippen molar-refractivity contribution >= 4 is 6.03 Å². The number of aliphatic hydroxyl groups is 1. The van der Waals surface area contributed by atoms with Crippen LogP contribution in [0.15, 0.2) is 18.2 Å². The van der Waals surface area contributed by atoms with Crippen molar-refractivity contribution in [2.24, 2.45) is 0 Å². The first-order valence-electron chi connectivity index (χ1n) is 7.10. The van der Waals surface area contributed by atoms with Gasteiger partial charge in [-0.2, -0.15) is 0 Å². The van der Waals surface area contributed by atoms with Crippen LogP contribution in [0, 0.1) is 5.82 Å². The molecule has 4 nitrogen and oxygen atoms in total. The Morgan fingerprint density at radius 1 is 1.55 bits per heavy atom. The maximum absolute atomic E-state index is 13.4. The number of hydrogen-bond acceptors (Lipinski definition) is 2. The smallest absolute Gasteiger partial charge is 0.317 e. The number of nitrogens with zero attached hydrogens (tertiary/aromatic N) is 1. The molecule has 1 aliphatic rings. The summed E-state index contributed by atoms with van der Waals surface area (Å²) in [6.45, 7) is 2.65. The van der Waals surface area contributed by atoms with Gasteiger partial charge in [-0.25, -0.2) is 9.18 Å². The number of aliphatic hydroxyl groups excluding tert-OH is 1. The van der Waals surface area contributed by atoms with E-state index in [0.717, 1.165) is 30.4 Å². The van der Waals surface area contributed by atoms with E-state index >= 15 is 0 Å². The van der Waals surface area contributed by atoms with Gasteiger partial charge in [0, 0.05) is 13.1 Å². The van der Waals surface area contributed by atoms with Crippen LogP contribution in [0.1, 0.15) is 36.9 Å². The van der Waals surface area contributed by atoms with Crippen LogP contribution in [-0.4, -0.2) is 35.7 Å². The molecule has 0 heterocycles. The molecule has 0 radical (unpaired) electrons. The van der Waals surface area contributed by atoms with E-state index in [1.54, 1.807) is 11.0 Å². The summed E-state index contributed by atoms with van der Waals surface area (Å²) in [7, 11) is 0. The van der Waals surface area contributed by atoms with Crippen LogP contribution in [0.25, 0.3) is 0 Å². The largest absolute Gasteiger partial charge is 0.395 e. The van der Waals surface area contributed by atoms with Crippen molar-refractivity contribution in [2.75, 3.05) is 19.7 Å². The molecule has 110 valence electrons. The molecule has 0 fully saturated rings. The lowest BCUT2D eigenvalue weighted by atomic mass is 9.87. The van der Waals surface area contributed by atoms with E-state index < -0.39 is 0 Å². The Hall–Kier alpha value is -1.62. The number of halogens is 1. The third-order valence-corrected chi connectivity index (χ3v) is 3.76. The molecular weight excluding hydrogens is 259 g/mol. The molecule has 1 unspecified atom stereocenters. The lowest BCUT2D eigenvalue weighted by Gasteiger charge is -2.29. The van der Waals surface area contributed by atoms with Crippen molar-refractivity contribution < 1.29 is 14.3 Å². The van der Waals surface area contributed by atoms with E-state index in [1.807, 2.05) is 6.92 Å². The van der Waals surface area contributed by atoms with Gasteiger partial charge in [0.1, 0.15) is 5.82 Å². The Morgan fingerprint density at radius 3 is 3.05 bits per heavy atom. The first kappa shape index (κ1) is 14.8. The van der Waals surface area contributed by atoms with Crippen molar-refractivity contribution in [3.8, 4) is 0 Å². The summed E-state index contributed by atoms with van der Waals surface area (Å²) in [6, 6.07) is 4.43. The summed E-state index contributed by atoms with van der Waals surface area (Å²) >= 11 is 0. The minimum absolute atomic E-state index is 0.0584. The lowest BCUT2D eigenvalue weighted by Crippen LogP contribution is -2.43. The molecular formula is C15H21FN2O2. The Balaban J connectivity index is 2.11. The number of hydrogen-bond donors (Lipinski definition) is 2. The Morgan fingerprint density at radius 2 is 2.35 bits per heavy atom. The van der Waals surface area contributed by atoms with Crippen LogP contribution in [0.3, 0.4) is 0 Å². The summed E-state index contributed by atoms with van der Waals surface area (Å²) in [5.74, 6) is -0.271. The number of carbonyl (C=O) groups is 1. The second kappa shape index (κ2) is 6.70. The van der Waals surface area contributed by atoms with E-state index in [9.17, 15) is 9.18 Å². The fourth-order valence-electron chi connectivity index (χ4n) is 2.68. The normalized spacial score (nSPS) is 17.4. The van der Waals surface area contributed by atoms with Gasteiger partial charge in [-0.3, -0.25) is 0 Å². The number of rotatable bonds is 4. The molecule has 0 saturated heterocycles. The molecule has 0 saturated carbocycles. The number of likely N-dealkylation sites (N-methyl/N-ethyl adjacent to an activating group) is 1. The maximum Gasteiger partial charge on any atom is 0.317 e. The number of amides is 2. The molecule has 0 bridgehead atoms. The standard InChI is InChI=1S/C15H21FN2O2/c1-2-18(8-9-19)15(20)17-14-5-3-4-11-6-7-12(16)10-13(11)14/h6-7,10,14,19H,2-5,8-9H2,1H3,(H,17,20). The number of carbonyl (C=O) groups excluding carboxylic acids is 1.